The topological polar surface area (TPSA) is 86.8 Å². The molecule has 2 amide bonds. The van der Waals surface area contributed by atoms with Crippen LogP contribution in [-0.4, -0.2) is 56.0 Å². The van der Waals surface area contributed by atoms with Crippen molar-refractivity contribution in [2.45, 2.75) is 49.4 Å². The van der Waals surface area contributed by atoms with Gasteiger partial charge in [-0.25, -0.2) is 8.42 Å². The van der Waals surface area contributed by atoms with Crippen LogP contribution in [0.4, 0.5) is 5.69 Å². The number of aryl methyl sites for hydroxylation is 1. The molecule has 0 fully saturated rings. The van der Waals surface area contributed by atoms with Gasteiger partial charge >= 0.3 is 0 Å². The lowest BCUT2D eigenvalue weighted by Crippen LogP contribution is -2.45. The van der Waals surface area contributed by atoms with Crippen molar-refractivity contribution in [2.75, 3.05) is 30.3 Å². The van der Waals surface area contributed by atoms with Gasteiger partial charge in [0.25, 0.3) is 0 Å². The predicted octanol–water partition coefficient (Wildman–Crippen LogP) is 3.29. The number of carbonyl (C=O) groups excluding carboxylic acids is 2. The molecule has 1 aliphatic rings. The summed E-state index contributed by atoms with van der Waals surface area (Å²) in [6.07, 6.45) is 1.62. The number of fused-ring (bicyclic) bond motifs is 1. The minimum Gasteiger partial charge on any atom is -0.352 e. The number of thioether (sulfide) groups is 1. The van der Waals surface area contributed by atoms with Crippen molar-refractivity contribution in [3.63, 3.8) is 0 Å². The number of nitrogens with one attached hydrogen (secondary N) is 1. The average Bonchev–Trinajstić information content (AvgIpc) is 2.80. The van der Waals surface area contributed by atoms with Crippen LogP contribution in [0.15, 0.2) is 58.3 Å². The van der Waals surface area contributed by atoms with E-state index in [4.69, 9.17) is 0 Å². The molecular formula is C24H31N3O4S2. The number of amides is 2. The Morgan fingerprint density at radius 2 is 1.85 bits per heavy atom. The summed E-state index contributed by atoms with van der Waals surface area (Å²) >= 11 is 1.36. The number of anilines is 1. The molecule has 0 saturated heterocycles. The van der Waals surface area contributed by atoms with Crippen LogP contribution >= 0.6 is 11.8 Å². The van der Waals surface area contributed by atoms with E-state index in [1.54, 1.807) is 26.0 Å². The van der Waals surface area contributed by atoms with Crippen LogP contribution < -0.4 is 10.2 Å². The van der Waals surface area contributed by atoms with Crippen molar-refractivity contribution in [1.29, 1.82) is 0 Å². The second kappa shape index (κ2) is 11.2. The van der Waals surface area contributed by atoms with E-state index in [1.165, 1.54) is 32.6 Å². The van der Waals surface area contributed by atoms with Gasteiger partial charge in [-0.15, -0.1) is 11.8 Å². The van der Waals surface area contributed by atoms with Gasteiger partial charge < -0.3 is 10.2 Å². The molecule has 0 saturated carbocycles. The first-order valence-electron chi connectivity index (χ1n) is 11.2. The molecule has 2 aromatic rings. The number of benzene rings is 2. The van der Waals surface area contributed by atoms with Crippen molar-refractivity contribution in [3.8, 4) is 0 Å². The van der Waals surface area contributed by atoms with Crippen molar-refractivity contribution in [1.82, 2.24) is 9.62 Å². The monoisotopic (exact) mass is 489 g/mol. The van der Waals surface area contributed by atoms with E-state index in [0.717, 1.165) is 17.7 Å². The molecule has 2 aromatic carbocycles. The smallest absolute Gasteiger partial charge is 0.243 e. The van der Waals surface area contributed by atoms with Gasteiger partial charge in [0.2, 0.25) is 21.8 Å². The first kappa shape index (κ1) is 25.3. The SMILES string of the molecule is CCN(CC)S(=O)(=O)c1ccc2c(c1)N(CC(=O)N[C@H](C)CCc1ccccc1)C(=O)CS2. The molecule has 0 radical (unpaired) electrons. The Labute approximate surface area is 200 Å². The molecule has 0 aliphatic carbocycles. The van der Waals surface area contributed by atoms with E-state index in [-0.39, 0.29) is 35.0 Å². The second-order valence-electron chi connectivity index (χ2n) is 7.98. The van der Waals surface area contributed by atoms with Crippen LogP contribution in [0.2, 0.25) is 0 Å². The van der Waals surface area contributed by atoms with Crippen molar-refractivity contribution in [3.05, 3.63) is 54.1 Å². The largest absolute Gasteiger partial charge is 0.352 e. The van der Waals surface area contributed by atoms with Crippen LogP contribution in [-0.2, 0) is 26.0 Å². The number of sulfonamides is 1. The highest BCUT2D eigenvalue weighted by atomic mass is 32.2. The molecule has 0 unspecified atom stereocenters. The van der Waals surface area contributed by atoms with Gasteiger partial charge in [-0.3, -0.25) is 9.59 Å². The minimum absolute atomic E-state index is 0.0548. The van der Waals surface area contributed by atoms with E-state index in [9.17, 15) is 18.0 Å². The van der Waals surface area contributed by atoms with Crippen LogP contribution in [0.1, 0.15) is 32.8 Å². The highest BCUT2D eigenvalue weighted by Crippen LogP contribution is 2.37. The van der Waals surface area contributed by atoms with Crippen molar-refractivity contribution in [2.24, 2.45) is 0 Å². The highest BCUT2D eigenvalue weighted by molar-refractivity contribution is 8.00. The molecule has 33 heavy (non-hydrogen) atoms. The molecule has 0 aromatic heterocycles. The lowest BCUT2D eigenvalue weighted by Gasteiger charge is -2.30. The van der Waals surface area contributed by atoms with Gasteiger partial charge in [-0.1, -0.05) is 44.2 Å². The predicted molar refractivity (Wildman–Crippen MR) is 132 cm³/mol. The van der Waals surface area contributed by atoms with Crippen LogP contribution in [0.25, 0.3) is 0 Å². The van der Waals surface area contributed by atoms with Crippen LogP contribution in [0.3, 0.4) is 0 Å². The maximum atomic E-state index is 13.0. The first-order chi connectivity index (χ1) is 15.8. The summed E-state index contributed by atoms with van der Waals surface area (Å²) in [7, 11) is -3.67. The third kappa shape index (κ3) is 6.16. The molecule has 3 rings (SSSR count). The third-order valence-corrected chi connectivity index (χ3v) is 8.73. The number of hydrogen-bond acceptors (Lipinski definition) is 5. The molecule has 0 bridgehead atoms. The number of nitrogens with zero attached hydrogens (tertiary/aromatic N) is 2. The zero-order chi connectivity index (χ0) is 24.0. The maximum Gasteiger partial charge on any atom is 0.243 e. The van der Waals surface area contributed by atoms with Gasteiger partial charge in [0.15, 0.2) is 0 Å². The molecule has 0 spiro atoms. The van der Waals surface area contributed by atoms with Crippen molar-refractivity contribution >= 4 is 39.3 Å². The van der Waals surface area contributed by atoms with E-state index < -0.39 is 10.0 Å². The second-order valence-corrected chi connectivity index (χ2v) is 10.9. The van der Waals surface area contributed by atoms with Crippen LogP contribution in [0.5, 0.6) is 0 Å². The molecular weight excluding hydrogens is 458 g/mol. The Bertz CT molecular complexity index is 1090. The van der Waals surface area contributed by atoms with Crippen LogP contribution in [0, 0.1) is 0 Å². The molecule has 9 heteroatoms. The zero-order valence-corrected chi connectivity index (χ0v) is 20.9. The molecule has 178 valence electrons. The number of hydrogen-bond donors (Lipinski definition) is 1. The third-order valence-electron chi connectivity index (χ3n) is 5.63. The molecule has 1 atom stereocenters. The summed E-state index contributed by atoms with van der Waals surface area (Å²) in [5.41, 5.74) is 1.68. The summed E-state index contributed by atoms with van der Waals surface area (Å²) < 4.78 is 27.3. The average molecular weight is 490 g/mol. The fraction of sp³-hybridized carbons (Fsp3) is 0.417. The normalized spacial score (nSPS) is 14.8. The summed E-state index contributed by atoms with van der Waals surface area (Å²) in [5.74, 6) is -0.262. The van der Waals surface area contributed by atoms with Gasteiger partial charge in [0, 0.05) is 24.0 Å². The quantitative estimate of drug-likeness (QED) is 0.553. The summed E-state index contributed by atoms with van der Waals surface area (Å²) in [6.45, 7) is 6.09. The van der Waals surface area contributed by atoms with E-state index in [2.05, 4.69) is 17.4 Å². The van der Waals surface area contributed by atoms with E-state index >= 15 is 0 Å². The lowest BCUT2D eigenvalue weighted by atomic mass is 10.1. The molecule has 1 N–H and O–H groups in total. The van der Waals surface area contributed by atoms with Gasteiger partial charge in [0.05, 0.1) is 16.3 Å². The fourth-order valence-corrected chi connectivity index (χ4v) is 6.19. The standard InChI is InChI=1S/C24H31N3O4S2/c1-4-26(5-2)33(30,31)20-13-14-22-21(15-20)27(24(29)17-32-22)16-23(28)25-18(3)11-12-19-9-7-6-8-10-19/h6-10,13-15,18H,4-5,11-12,16-17H2,1-3H3,(H,25,28)/t18-/m1/s1. The Balaban J connectivity index is 1.72. The summed E-state index contributed by atoms with van der Waals surface area (Å²) in [5, 5.41) is 2.96. The van der Waals surface area contributed by atoms with Crippen molar-refractivity contribution < 1.29 is 18.0 Å². The fourth-order valence-electron chi connectivity index (χ4n) is 3.79. The number of rotatable bonds is 10. The van der Waals surface area contributed by atoms with Gasteiger partial charge in [-0.05, 0) is 43.5 Å². The van der Waals surface area contributed by atoms with Gasteiger partial charge in [-0.2, -0.15) is 4.31 Å². The van der Waals surface area contributed by atoms with E-state index in [1.807, 2.05) is 25.1 Å². The summed E-state index contributed by atoms with van der Waals surface area (Å²) in [4.78, 5) is 27.7. The Morgan fingerprint density at radius 3 is 2.52 bits per heavy atom. The molecule has 7 nitrogen and oxygen atoms in total. The summed E-state index contributed by atoms with van der Waals surface area (Å²) in [6, 6.07) is 14.8. The Morgan fingerprint density at radius 1 is 1.15 bits per heavy atom. The lowest BCUT2D eigenvalue weighted by molar-refractivity contribution is -0.123. The Hall–Kier alpha value is -2.36. The van der Waals surface area contributed by atoms with E-state index in [0.29, 0.717) is 18.8 Å². The Kier molecular flexibility index (Phi) is 8.56. The zero-order valence-electron chi connectivity index (χ0n) is 19.3. The van der Waals surface area contributed by atoms with Gasteiger partial charge in [0.1, 0.15) is 6.54 Å². The molecule has 1 heterocycles. The minimum atomic E-state index is -3.67. The number of carbonyl (C=O) groups is 2. The maximum absolute atomic E-state index is 13.0. The first-order valence-corrected chi connectivity index (χ1v) is 13.6. The molecule has 1 aliphatic heterocycles. The highest BCUT2D eigenvalue weighted by Gasteiger charge is 2.30.